The van der Waals surface area contributed by atoms with Gasteiger partial charge >= 0.3 is 5.97 Å². The van der Waals surface area contributed by atoms with Gasteiger partial charge in [-0.25, -0.2) is 9.78 Å². The number of pyridine rings is 1. The highest BCUT2D eigenvalue weighted by molar-refractivity contribution is 6.30. The third kappa shape index (κ3) is 2.55. The number of hydrogen-bond donors (Lipinski definition) is 0. The number of aromatic nitrogens is 2. The summed E-state index contributed by atoms with van der Waals surface area (Å²) in [5.74, 6) is -0.0154. The molecular formula is C16H13ClN2O3. The summed E-state index contributed by atoms with van der Waals surface area (Å²) >= 11 is 5.91. The Balaban J connectivity index is 2.03. The average molecular weight is 317 g/mol. The van der Waals surface area contributed by atoms with E-state index in [4.69, 9.17) is 20.9 Å². The lowest BCUT2D eigenvalue weighted by molar-refractivity contribution is 0.0735. The van der Waals surface area contributed by atoms with E-state index in [0.717, 1.165) is 5.56 Å². The lowest BCUT2D eigenvalue weighted by Crippen LogP contribution is -2.11. The van der Waals surface area contributed by atoms with Gasteiger partial charge < -0.3 is 9.26 Å². The van der Waals surface area contributed by atoms with Crippen LogP contribution in [0.25, 0.3) is 11.1 Å². The van der Waals surface area contributed by atoms with E-state index in [1.807, 2.05) is 6.92 Å². The molecule has 0 aliphatic heterocycles. The molecule has 22 heavy (non-hydrogen) atoms. The molecule has 3 rings (SSSR count). The summed E-state index contributed by atoms with van der Waals surface area (Å²) in [6.07, 6.45) is 0. The van der Waals surface area contributed by atoms with Crippen LogP contribution in [0, 0.1) is 20.8 Å². The van der Waals surface area contributed by atoms with Crippen LogP contribution in [0.5, 0.6) is 5.75 Å². The van der Waals surface area contributed by atoms with E-state index in [1.165, 1.54) is 0 Å². The van der Waals surface area contributed by atoms with Crippen LogP contribution in [-0.2, 0) is 0 Å². The molecule has 0 amide bonds. The first-order valence-corrected chi connectivity index (χ1v) is 7.05. The molecule has 0 fully saturated rings. The first-order chi connectivity index (χ1) is 10.5. The summed E-state index contributed by atoms with van der Waals surface area (Å²) in [4.78, 5) is 16.7. The smallest absolute Gasteiger partial charge is 0.344 e. The second kappa shape index (κ2) is 5.42. The van der Waals surface area contributed by atoms with Crippen molar-refractivity contribution in [3.63, 3.8) is 0 Å². The largest absolute Gasteiger partial charge is 0.423 e. The number of halogens is 1. The first-order valence-electron chi connectivity index (χ1n) is 6.67. The maximum atomic E-state index is 12.5. The third-order valence-electron chi connectivity index (χ3n) is 3.30. The molecule has 0 atom stereocenters. The molecule has 6 heteroatoms. The number of hydrogen-bond acceptors (Lipinski definition) is 5. The van der Waals surface area contributed by atoms with Crippen molar-refractivity contribution in [1.82, 2.24) is 10.1 Å². The van der Waals surface area contributed by atoms with Gasteiger partial charge in [0.2, 0.25) is 0 Å². The summed E-state index contributed by atoms with van der Waals surface area (Å²) in [5.41, 5.74) is 2.75. The molecule has 112 valence electrons. The fourth-order valence-corrected chi connectivity index (χ4v) is 2.49. The highest BCUT2D eigenvalue weighted by Crippen LogP contribution is 2.26. The van der Waals surface area contributed by atoms with Gasteiger partial charge in [-0.1, -0.05) is 16.8 Å². The molecule has 0 spiro atoms. The molecular weight excluding hydrogens is 304 g/mol. The van der Waals surface area contributed by atoms with Crippen LogP contribution < -0.4 is 4.74 Å². The van der Waals surface area contributed by atoms with E-state index >= 15 is 0 Å². The second-order valence-corrected chi connectivity index (χ2v) is 5.50. The van der Waals surface area contributed by atoms with Crippen LogP contribution in [0.3, 0.4) is 0 Å². The Labute approximate surface area is 131 Å². The van der Waals surface area contributed by atoms with Gasteiger partial charge in [-0.05, 0) is 50.6 Å². The van der Waals surface area contributed by atoms with Crippen LogP contribution in [0.15, 0.2) is 28.8 Å². The van der Waals surface area contributed by atoms with Crippen molar-refractivity contribution >= 4 is 28.7 Å². The maximum Gasteiger partial charge on any atom is 0.344 e. The zero-order valence-corrected chi connectivity index (χ0v) is 13.1. The number of rotatable bonds is 2. The number of fused-ring (bicyclic) bond motifs is 1. The van der Waals surface area contributed by atoms with E-state index in [1.54, 1.807) is 38.1 Å². The van der Waals surface area contributed by atoms with Crippen molar-refractivity contribution in [3.05, 3.63) is 51.8 Å². The summed E-state index contributed by atoms with van der Waals surface area (Å²) in [6.45, 7) is 5.36. The Morgan fingerprint density at radius 3 is 2.73 bits per heavy atom. The van der Waals surface area contributed by atoms with Crippen molar-refractivity contribution in [2.75, 3.05) is 0 Å². The number of aryl methyl sites for hydroxylation is 3. The van der Waals surface area contributed by atoms with E-state index in [2.05, 4.69) is 10.1 Å². The molecule has 3 aromatic rings. The van der Waals surface area contributed by atoms with Crippen molar-refractivity contribution in [2.24, 2.45) is 0 Å². The van der Waals surface area contributed by atoms with Gasteiger partial charge in [-0.15, -0.1) is 0 Å². The Morgan fingerprint density at radius 1 is 1.23 bits per heavy atom. The quantitative estimate of drug-likeness (QED) is 0.527. The van der Waals surface area contributed by atoms with Crippen molar-refractivity contribution in [1.29, 1.82) is 0 Å². The van der Waals surface area contributed by atoms with Gasteiger partial charge in [0, 0.05) is 10.7 Å². The summed E-state index contributed by atoms with van der Waals surface area (Å²) in [7, 11) is 0. The van der Waals surface area contributed by atoms with Crippen molar-refractivity contribution < 1.29 is 14.1 Å². The van der Waals surface area contributed by atoms with E-state index < -0.39 is 5.97 Å². The highest BCUT2D eigenvalue weighted by atomic mass is 35.5. The van der Waals surface area contributed by atoms with Crippen molar-refractivity contribution in [2.45, 2.75) is 20.8 Å². The second-order valence-electron chi connectivity index (χ2n) is 5.06. The summed E-state index contributed by atoms with van der Waals surface area (Å²) < 4.78 is 10.6. The summed E-state index contributed by atoms with van der Waals surface area (Å²) in [6, 6.07) is 6.75. The van der Waals surface area contributed by atoms with Gasteiger partial charge in [-0.3, -0.25) is 0 Å². The van der Waals surface area contributed by atoms with Crippen LogP contribution >= 0.6 is 11.6 Å². The standard InChI is InChI=1S/C16H13ClN2O3/c1-8-6-11(17)4-5-13(8)21-16(20)12-7-9(2)18-15-14(12)10(3)19-22-15/h4-7H,1-3H3. The van der Waals surface area contributed by atoms with Crippen LogP contribution in [0.4, 0.5) is 0 Å². The fourth-order valence-electron chi connectivity index (χ4n) is 2.26. The maximum absolute atomic E-state index is 12.5. The van der Waals surface area contributed by atoms with Crippen LogP contribution in [0.2, 0.25) is 5.02 Å². The lowest BCUT2D eigenvalue weighted by Gasteiger charge is -2.08. The SMILES string of the molecule is Cc1cc(C(=O)Oc2ccc(Cl)cc2C)c2c(C)noc2n1. The predicted molar refractivity (Wildman–Crippen MR) is 82.4 cm³/mol. The third-order valence-corrected chi connectivity index (χ3v) is 3.54. The zero-order valence-electron chi connectivity index (χ0n) is 12.3. The molecule has 0 N–H and O–H groups in total. The van der Waals surface area contributed by atoms with Crippen LogP contribution in [0.1, 0.15) is 27.3 Å². The van der Waals surface area contributed by atoms with Gasteiger partial charge in [0.25, 0.3) is 5.71 Å². The Morgan fingerprint density at radius 2 is 2.00 bits per heavy atom. The number of carbonyl (C=O) groups is 1. The minimum absolute atomic E-state index is 0.331. The van der Waals surface area contributed by atoms with Gasteiger partial charge in [0.15, 0.2) is 0 Å². The van der Waals surface area contributed by atoms with Gasteiger partial charge in [-0.2, -0.15) is 0 Å². The molecule has 0 bridgehead atoms. The van der Waals surface area contributed by atoms with Gasteiger partial charge in [0.05, 0.1) is 16.6 Å². The number of benzene rings is 1. The molecule has 0 radical (unpaired) electrons. The number of carbonyl (C=O) groups excluding carboxylic acids is 1. The minimum Gasteiger partial charge on any atom is -0.423 e. The summed E-state index contributed by atoms with van der Waals surface area (Å²) in [5, 5.41) is 5.02. The van der Waals surface area contributed by atoms with E-state index in [9.17, 15) is 4.79 Å². The zero-order chi connectivity index (χ0) is 15.9. The number of ether oxygens (including phenoxy) is 1. The molecule has 2 heterocycles. The molecule has 2 aromatic heterocycles. The molecule has 1 aromatic carbocycles. The predicted octanol–water partition coefficient (Wildman–Crippen LogP) is 4.02. The Kier molecular flexibility index (Phi) is 3.58. The molecule has 0 saturated heterocycles. The minimum atomic E-state index is -0.479. The molecule has 0 unspecified atom stereocenters. The molecule has 0 aliphatic rings. The monoisotopic (exact) mass is 316 g/mol. The topological polar surface area (TPSA) is 65.2 Å². The van der Waals surface area contributed by atoms with E-state index in [0.29, 0.717) is 38.8 Å². The highest BCUT2D eigenvalue weighted by Gasteiger charge is 2.20. The Bertz CT molecular complexity index is 886. The molecule has 0 aliphatic carbocycles. The average Bonchev–Trinajstić information content (AvgIpc) is 2.82. The van der Waals surface area contributed by atoms with E-state index in [-0.39, 0.29) is 0 Å². The number of nitrogens with zero attached hydrogens (tertiary/aromatic N) is 2. The molecule has 5 nitrogen and oxygen atoms in total. The molecule has 0 saturated carbocycles. The lowest BCUT2D eigenvalue weighted by atomic mass is 10.1. The van der Waals surface area contributed by atoms with Crippen molar-refractivity contribution in [3.8, 4) is 5.75 Å². The first kappa shape index (κ1) is 14.5. The van der Waals surface area contributed by atoms with Crippen LogP contribution in [-0.4, -0.2) is 16.1 Å². The Hall–Kier alpha value is -2.40. The van der Waals surface area contributed by atoms with Gasteiger partial charge in [0.1, 0.15) is 5.75 Å². The normalized spacial score (nSPS) is 10.9. The fraction of sp³-hybridized carbons (Fsp3) is 0.188. The number of esters is 1.